The normalized spacial score (nSPS) is 12.0. The summed E-state index contributed by atoms with van der Waals surface area (Å²) in [6.45, 7) is 6.64. The molecule has 0 atom stereocenters. The quantitative estimate of drug-likeness (QED) is 0.342. The second-order valence-corrected chi connectivity index (χ2v) is 9.72. The third kappa shape index (κ3) is 5.86. The first kappa shape index (κ1) is 25.5. The van der Waals surface area contributed by atoms with Gasteiger partial charge in [-0.2, -0.15) is 13.2 Å². The van der Waals surface area contributed by atoms with E-state index in [2.05, 4.69) is 0 Å². The minimum Gasteiger partial charge on any atom is -0.478 e. The topological polar surface area (TPSA) is 63.6 Å². The number of carboxylic acids is 1. The van der Waals surface area contributed by atoms with Crippen molar-refractivity contribution < 1.29 is 32.6 Å². The van der Waals surface area contributed by atoms with E-state index in [1.165, 1.54) is 37.3 Å². The fourth-order valence-corrected chi connectivity index (χ4v) is 4.47. The number of ketones is 1. The molecule has 0 aliphatic carbocycles. The molecule has 0 amide bonds. The molecule has 1 heterocycles. The van der Waals surface area contributed by atoms with Gasteiger partial charge in [0, 0.05) is 11.3 Å². The monoisotopic (exact) mass is 490 g/mol. The molecule has 8 heteroatoms. The Morgan fingerprint density at radius 2 is 1.56 bits per heavy atom. The van der Waals surface area contributed by atoms with E-state index in [4.69, 9.17) is 4.74 Å². The Balaban J connectivity index is 1.67. The van der Waals surface area contributed by atoms with Gasteiger partial charge in [0.15, 0.2) is 11.4 Å². The van der Waals surface area contributed by atoms with Gasteiger partial charge in [-0.3, -0.25) is 4.79 Å². The molecule has 1 aromatic heterocycles. The third-order valence-corrected chi connectivity index (χ3v) is 6.59. The number of aliphatic carboxylic acids is 1. The number of thiophene rings is 1. The molecule has 34 heavy (non-hydrogen) atoms. The molecule has 4 nitrogen and oxygen atoms in total. The van der Waals surface area contributed by atoms with Gasteiger partial charge in [-0.05, 0) is 80.6 Å². The second kappa shape index (κ2) is 9.62. The minimum absolute atomic E-state index is 0.0502. The summed E-state index contributed by atoms with van der Waals surface area (Å²) in [5.74, 6) is -0.597. The molecule has 0 aliphatic rings. The highest BCUT2D eigenvalue weighted by molar-refractivity contribution is 7.17. The van der Waals surface area contributed by atoms with Gasteiger partial charge < -0.3 is 9.84 Å². The minimum atomic E-state index is -4.39. The average Bonchev–Trinajstić information content (AvgIpc) is 3.24. The first-order valence-electron chi connectivity index (χ1n) is 10.6. The summed E-state index contributed by atoms with van der Waals surface area (Å²) >= 11 is 1.25. The van der Waals surface area contributed by atoms with Crippen molar-refractivity contribution in [3.05, 3.63) is 75.7 Å². The Hall–Kier alpha value is -3.13. The third-order valence-electron chi connectivity index (χ3n) is 5.41. The molecule has 0 aliphatic heterocycles. The van der Waals surface area contributed by atoms with Gasteiger partial charge in [0.05, 0.1) is 10.4 Å². The van der Waals surface area contributed by atoms with Crippen LogP contribution in [0.2, 0.25) is 0 Å². The van der Waals surface area contributed by atoms with Gasteiger partial charge in [0.25, 0.3) is 0 Å². The molecule has 180 valence electrons. The van der Waals surface area contributed by atoms with E-state index in [1.54, 1.807) is 12.1 Å². The number of alkyl halides is 3. The number of carbonyl (C=O) groups is 2. The van der Waals surface area contributed by atoms with Crippen LogP contribution in [0.15, 0.2) is 48.5 Å². The Bertz CT molecular complexity index is 1180. The second-order valence-electron chi connectivity index (χ2n) is 8.64. The summed E-state index contributed by atoms with van der Waals surface area (Å²) in [7, 11) is 0. The van der Waals surface area contributed by atoms with Crippen LogP contribution >= 0.6 is 11.3 Å². The Kier molecular flexibility index (Phi) is 7.21. The highest BCUT2D eigenvalue weighted by Crippen LogP contribution is 2.34. The van der Waals surface area contributed by atoms with Crippen molar-refractivity contribution in [3.8, 4) is 16.2 Å². The van der Waals surface area contributed by atoms with Gasteiger partial charge >= 0.3 is 12.1 Å². The van der Waals surface area contributed by atoms with Crippen molar-refractivity contribution in [3.63, 3.8) is 0 Å². The maximum Gasteiger partial charge on any atom is 0.416 e. The number of hydrogen-bond donors (Lipinski definition) is 1. The van der Waals surface area contributed by atoms with Crippen LogP contribution in [0.3, 0.4) is 0 Å². The Labute approximate surface area is 200 Å². The van der Waals surface area contributed by atoms with Crippen LogP contribution in [0.1, 0.15) is 52.2 Å². The van der Waals surface area contributed by atoms with Crippen molar-refractivity contribution in [1.82, 2.24) is 0 Å². The molecule has 0 radical (unpaired) electrons. The lowest BCUT2D eigenvalue weighted by atomic mass is 10.00. The molecule has 2 aromatic carbocycles. The number of rotatable bonds is 8. The standard InChI is InChI=1S/C26H25F3O4S/c1-15-13-17(14-16(2)23(15)33-25(3,4)24(31)32)5-10-20(30)22-12-11-21(34-22)18-6-8-19(9-7-18)26(27,28)29/h6-9,11-14H,5,10H2,1-4H3,(H,31,32). The molecule has 0 saturated heterocycles. The van der Waals surface area contributed by atoms with Crippen molar-refractivity contribution in [2.24, 2.45) is 0 Å². The first-order valence-corrected chi connectivity index (χ1v) is 11.4. The van der Waals surface area contributed by atoms with Gasteiger partial charge in [0.1, 0.15) is 5.75 Å². The first-order chi connectivity index (χ1) is 15.8. The smallest absolute Gasteiger partial charge is 0.416 e. The van der Waals surface area contributed by atoms with Gasteiger partial charge in [-0.25, -0.2) is 4.79 Å². The summed E-state index contributed by atoms with van der Waals surface area (Å²) in [5.41, 5.74) is 1.07. The molecule has 0 saturated carbocycles. The molecule has 1 N–H and O–H groups in total. The number of ether oxygens (including phenoxy) is 1. The van der Waals surface area contributed by atoms with Crippen LogP contribution < -0.4 is 4.74 Å². The lowest BCUT2D eigenvalue weighted by molar-refractivity contribution is -0.152. The Morgan fingerprint density at radius 1 is 0.971 bits per heavy atom. The van der Waals surface area contributed by atoms with Crippen molar-refractivity contribution in [1.29, 1.82) is 0 Å². The highest BCUT2D eigenvalue weighted by atomic mass is 32.1. The van der Waals surface area contributed by atoms with E-state index in [1.807, 2.05) is 26.0 Å². The molecular weight excluding hydrogens is 465 g/mol. The number of carbonyl (C=O) groups excluding carboxylic acids is 1. The number of benzene rings is 2. The largest absolute Gasteiger partial charge is 0.478 e. The number of aryl methyl sites for hydroxylation is 3. The predicted molar refractivity (Wildman–Crippen MR) is 126 cm³/mol. The molecule has 3 rings (SSSR count). The SMILES string of the molecule is Cc1cc(CCC(=O)c2ccc(-c3ccc(C(F)(F)F)cc3)s2)cc(C)c1OC(C)(C)C(=O)O. The van der Waals surface area contributed by atoms with Crippen LogP contribution in [0.4, 0.5) is 13.2 Å². The summed E-state index contributed by atoms with van der Waals surface area (Å²) in [5, 5.41) is 9.30. The van der Waals surface area contributed by atoms with Crippen LogP contribution in [-0.4, -0.2) is 22.5 Å². The number of hydrogen-bond acceptors (Lipinski definition) is 4. The molecule has 0 unspecified atom stereocenters. The van der Waals surface area contributed by atoms with Crippen molar-refractivity contribution in [2.75, 3.05) is 0 Å². The van der Waals surface area contributed by atoms with Crippen LogP contribution in [0, 0.1) is 13.8 Å². The maximum atomic E-state index is 12.8. The van der Waals surface area contributed by atoms with E-state index in [0.29, 0.717) is 22.6 Å². The van der Waals surface area contributed by atoms with Gasteiger partial charge in [0.2, 0.25) is 0 Å². The lowest BCUT2D eigenvalue weighted by Crippen LogP contribution is -2.38. The van der Waals surface area contributed by atoms with Gasteiger partial charge in [-0.15, -0.1) is 11.3 Å². The van der Waals surface area contributed by atoms with E-state index >= 15 is 0 Å². The van der Waals surface area contributed by atoms with Crippen molar-refractivity contribution >= 4 is 23.1 Å². The molecule has 0 bridgehead atoms. The van der Waals surface area contributed by atoms with E-state index < -0.39 is 23.3 Å². The maximum absolute atomic E-state index is 12.8. The van der Waals surface area contributed by atoms with Crippen molar-refractivity contribution in [2.45, 2.75) is 52.3 Å². The summed E-state index contributed by atoms with van der Waals surface area (Å²) in [6, 6.07) is 12.1. The predicted octanol–water partition coefficient (Wildman–Crippen LogP) is 7.11. The fraction of sp³-hybridized carbons (Fsp3) is 0.308. The zero-order valence-electron chi connectivity index (χ0n) is 19.2. The molecular formula is C26H25F3O4S. The lowest BCUT2D eigenvalue weighted by Gasteiger charge is -2.24. The fourth-order valence-electron chi connectivity index (χ4n) is 3.49. The highest BCUT2D eigenvalue weighted by Gasteiger charge is 2.31. The number of Topliss-reactive ketones (excluding diaryl/α,β-unsaturated/α-hetero) is 1. The Morgan fingerprint density at radius 3 is 2.09 bits per heavy atom. The van der Waals surface area contributed by atoms with Crippen LogP contribution in [-0.2, 0) is 17.4 Å². The number of halogens is 3. The van der Waals surface area contributed by atoms with Gasteiger partial charge in [-0.1, -0.05) is 24.3 Å². The average molecular weight is 491 g/mol. The van der Waals surface area contributed by atoms with E-state index in [-0.39, 0.29) is 12.2 Å². The summed E-state index contributed by atoms with van der Waals surface area (Å²) in [6.07, 6.45) is -3.62. The van der Waals surface area contributed by atoms with Crippen LogP contribution in [0.5, 0.6) is 5.75 Å². The summed E-state index contributed by atoms with van der Waals surface area (Å²) in [4.78, 5) is 25.4. The van der Waals surface area contributed by atoms with E-state index in [0.717, 1.165) is 33.7 Å². The zero-order valence-corrected chi connectivity index (χ0v) is 20.1. The van der Waals surface area contributed by atoms with Crippen LogP contribution in [0.25, 0.3) is 10.4 Å². The molecule has 0 fully saturated rings. The molecule has 3 aromatic rings. The summed E-state index contributed by atoms with van der Waals surface area (Å²) < 4.78 is 44.0. The zero-order chi connectivity index (χ0) is 25.3. The number of carboxylic acid groups (broad SMARTS) is 1. The molecule has 0 spiro atoms. The van der Waals surface area contributed by atoms with E-state index in [9.17, 15) is 27.9 Å².